The van der Waals surface area contributed by atoms with Gasteiger partial charge < -0.3 is 15.0 Å². The molecule has 3 rings (SSSR count). The zero-order valence-electron chi connectivity index (χ0n) is 21.6. The molecule has 0 heterocycles. The smallest absolute Gasteiger partial charge is 0.264 e. The van der Waals surface area contributed by atoms with Crippen molar-refractivity contribution >= 4 is 27.5 Å². The van der Waals surface area contributed by atoms with Crippen LogP contribution in [-0.4, -0.2) is 50.9 Å². The van der Waals surface area contributed by atoms with Gasteiger partial charge in [0, 0.05) is 13.1 Å². The molecule has 3 aromatic carbocycles. The molecule has 0 aliphatic rings. The molecule has 0 saturated heterocycles. The predicted molar refractivity (Wildman–Crippen MR) is 144 cm³/mol. The normalized spacial score (nSPS) is 11.9. The van der Waals surface area contributed by atoms with Gasteiger partial charge in [0.1, 0.15) is 24.2 Å². The molecule has 0 radical (unpaired) electrons. The molecule has 0 aliphatic carbocycles. The van der Waals surface area contributed by atoms with Crippen LogP contribution in [0.5, 0.6) is 5.75 Å². The van der Waals surface area contributed by atoms with Crippen LogP contribution in [0.15, 0.2) is 83.8 Å². The molecule has 38 heavy (non-hydrogen) atoms. The summed E-state index contributed by atoms with van der Waals surface area (Å²) in [7, 11) is -4.17. The lowest BCUT2D eigenvalue weighted by Gasteiger charge is -2.32. The van der Waals surface area contributed by atoms with E-state index in [1.807, 2.05) is 6.92 Å². The molecule has 0 aliphatic heterocycles. The molecule has 0 unspecified atom stereocenters. The second-order valence-corrected chi connectivity index (χ2v) is 10.3. The average Bonchev–Trinajstić information content (AvgIpc) is 2.92. The Balaban J connectivity index is 1.98. The van der Waals surface area contributed by atoms with Gasteiger partial charge in [0.25, 0.3) is 10.0 Å². The van der Waals surface area contributed by atoms with Crippen LogP contribution in [0, 0.1) is 5.82 Å². The van der Waals surface area contributed by atoms with E-state index in [4.69, 9.17) is 4.74 Å². The van der Waals surface area contributed by atoms with Crippen molar-refractivity contribution in [2.45, 2.75) is 38.3 Å². The number of nitrogens with zero attached hydrogens (tertiary/aromatic N) is 2. The van der Waals surface area contributed by atoms with E-state index in [9.17, 15) is 22.4 Å². The fourth-order valence-electron chi connectivity index (χ4n) is 3.82. The van der Waals surface area contributed by atoms with Crippen molar-refractivity contribution in [2.75, 3.05) is 24.0 Å². The van der Waals surface area contributed by atoms with E-state index in [0.29, 0.717) is 30.2 Å². The molecule has 3 aromatic rings. The monoisotopic (exact) mass is 541 g/mol. The first kappa shape index (κ1) is 28.6. The standard InChI is InChI=1S/C28H32FN3O5S/c1-4-30-28(34)21(3)31(19-22-11-13-23(29)14-12-22)27(33)20-32(24-9-7-6-8-10-24)38(35,36)26-17-15-25(16-18-26)37-5-2/h6-18,21H,4-5,19-20H2,1-3H3,(H,30,34)/t21-/m0/s1. The summed E-state index contributed by atoms with van der Waals surface area (Å²) in [6.45, 7) is 5.40. The first-order valence-corrected chi connectivity index (χ1v) is 13.7. The van der Waals surface area contributed by atoms with Gasteiger partial charge >= 0.3 is 0 Å². The number of ether oxygens (including phenoxy) is 1. The number of carbonyl (C=O) groups excluding carboxylic acids is 2. The number of hydrogen-bond acceptors (Lipinski definition) is 5. The van der Waals surface area contributed by atoms with Gasteiger partial charge in [0.15, 0.2) is 0 Å². The molecule has 0 bridgehead atoms. The van der Waals surface area contributed by atoms with Crippen LogP contribution < -0.4 is 14.4 Å². The highest BCUT2D eigenvalue weighted by molar-refractivity contribution is 7.92. The number of nitrogens with one attached hydrogen (secondary N) is 1. The van der Waals surface area contributed by atoms with Crippen molar-refractivity contribution in [1.29, 1.82) is 0 Å². The van der Waals surface area contributed by atoms with Gasteiger partial charge in [-0.05, 0) is 74.9 Å². The van der Waals surface area contributed by atoms with E-state index < -0.39 is 34.3 Å². The quantitative estimate of drug-likeness (QED) is 0.374. The van der Waals surface area contributed by atoms with Crippen LogP contribution in [0.2, 0.25) is 0 Å². The highest BCUT2D eigenvalue weighted by atomic mass is 32.2. The van der Waals surface area contributed by atoms with E-state index >= 15 is 0 Å². The van der Waals surface area contributed by atoms with E-state index in [1.54, 1.807) is 56.3 Å². The molecule has 0 fully saturated rings. The molecule has 2 amide bonds. The van der Waals surface area contributed by atoms with Crippen LogP contribution in [0.1, 0.15) is 26.3 Å². The maximum Gasteiger partial charge on any atom is 0.264 e. The van der Waals surface area contributed by atoms with Crippen LogP contribution in [0.4, 0.5) is 10.1 Å². The third kappa shape index (κ3) is 7.10. The van der Waals surface area contributed by atoms with E-state index in [0.717, 1.165) is 4.31 Å². The second-order valence-electron chi connectivity index (χ2n) is 8.47. The van der Waals surface area contributed by atoms with Gasteiger partial charge in [-0.2, -0.15) is 0 Å². The van der Waals surface area contributed by atoms with Gasteiger partial charge in [0.2, 0.25) is 11.8 Å². The van der Waals surface area contributed by atoms with Gasteiger partial charge in [-0.25, -0.2) is 12.8 Å². The number of sulfonamides is 1. The van der Waals surface area contributed by atoms with Gasteiger partial charge in [-0.15, -0.1) is 0 Å². The maximum atomic E-state index is 13.8. The third-order valence-corrected chi connectivity index (χ3v) is 7.62. The molecule has 1 atom stereocenters. The molecule has 10 heteroatoms. The highest BCUT2D eigenvalue weighted by Crippen LogP contribution is 2.26. The summed E-state index contributed by atoms with van der Waals surface area (Å²) in [5.74, 6) is -0.884. The average molecular weight is 542 g/mol. The summed E-state index contributed by atoms with van der Waals surface area (Å²) in [4.78, 5) is 27.7. The van der Waals surface area contributed by atoms with Crippen LogP contribution in [0.3, 0.4) is 0 Å². The largest absolute Gasteiger partial charge is 0.494 e. The van der Waals surface area contributed by atoms with Crippen LogP contribution >= 0.6 is 0 Å². The fourth-order valence-corrected chi connectivity index (χ4v) is 5.23. The van der Waals surface area contributed by atoms with E-state index in [2.05, 4.69) is 5.32 Å². The maximum absolute atomic E-state index is 13.8. The number of anilines is 1. The Morgan fingerprint density at radius 3 is 2.16 bits per heavy atom. The summed E-state index contributed by atoms with van der Waals surface area (Å²) >= 11 is 0. The van der Waals surface area contributed by atoms with E-state index in [1.165, 1.54) is 41.3 Å². The lowest BCUT2D eigenvalue weighted by Crippen LogP contribution is -2.51. The number of rotatable bonds is 12. The Bertz CT molecular complexity index is 1320. The third-order valence-electron chi connectivity index (χ3n) is 5.83. The number of likely N-dealkylation sites (N-methyl/N-ethyl adjacent to an activating group) is 1. The van der Waals surface area contributed by atoms with Crippen LogP contribution in [-0.2, 0) is 26.2 Å². The number of amides is 2. The predicted octanol–water partition coefficient (Wildman–Crippen LogP) is 3.97. The minimum atomic E-state index is -4.17. The summed E-state index contributed by atoms with van der Waals surface area (Å²) < 4.78 is 47.4. The van der Waals surface area contributed by atoms with Crippen molar-refractivity contribution in [1.82, 2.24) is 10.2 Å². The fraction of sp³-hybridized carbons (Fsp3) is 0.286. The number of hydrogen-bond donors (Lipinski definition) is 1. The Labute approximate surface area is 223 Å². The number of para-hydroxylation sites is 1. The second kappa shape index (κ2) is 13.0. The summed E-state index contributed by atoms with van der Waals surface area (Å²) in [6.07, 6.45) is 0. The number of halogens is 1. The Morgan fingerprint density at radius 1 is 0.947 bits per heavy atom. The van der Waals surface area contributed by atoms with Gasteiger partial charge in [0.05, 0.1) is 17.2 Å². The molecule has 0 saturated carbocycles. The van der Waals surface area contributed by atoms with Crippen molar-refractivity contribution in [3.05, 3.63) is 90.2 Å². The zero-order valence-corrected chi connectivity index (χ0v) is 22.4. The molecule has 1 N–H and O–H groups in total. The minimum Gasteiger partial charge on any atom is -0.494 e. The Morgan fingerprint density at radius 2 is 1.58 bits per heavy atom. The van der Waals surface area contributed by atoms with Crippen molar-refractivity contribution in [3.63, 3.8) is 0 Å². The molecular weight excluding hydrogens is 509 g/mol. The number of carbonyl (C=O) groups is 2. The SMILES string of the molecule is CCNC(=O)[C@H](C)N(Cc1ccc(F)cc1)C(=O)CN(c1ccccc1)S(=O)(=O)c1ccc(OCC)cc1. The van der Waals surface area contributed by atoms with Gasteiger partial charge in [-0.1, -0.05) is 30.3 Å². The Kier molecular flexibility index (Phi) is 9.84. The van der Waals surface area contributed by atoms with Gasteiger partial charge in [-0.3, -0.25) is 13.9 Å². The van der Waals surface area contributed by atoms with Crippen molar-refractivity contribution in [2.24, 2.45) is 0 Å². The lowest BCUT2D eigenvalue weighted by molar-refractivity contribution is -0.139. The first-order valence-electron chi connectivity index (χ1n) is 12.3. The topological polar surface area (TPSA) is 96.0 Å². The lowest BCUT2D eigenvalue weighted by atomic mass is 10.1. The van der Waals surface area contributed by atoms with Crippen molar-refractivity contribution < 1.29 is 27.1 Å². The summed E-state index contributed by atoms with van der Waals surface area (Å²) in [5.41, 5.74) is 0.888. The molecule has 0 spiro atoms. The zero-order chi connectivity index (χ0) is 27.7. The Hall–Kier alpha value is -3.92. The number of benzene rings is 3. The molecule has 202 valence electrons. The summed E-state index contributed by atoms with van der Waals surface area (Å²) in [6, 6.07) is 18.9. The first-order chi connectivity index (χ1) is 18.2. The minimum absolute atomic E-state index is 0.0108. The molecular formula is C28H32FN3O5S. The molecule has 0 aromatic heterocycles. The van der Waals surface area contributed by atoms with Crippen LogP contribution in [0.25, 0.3) is 0 Å². The highest BCUT2D eigenvalue weighted by Gasteiger charge is 2.32. The molecule has 8 nitrogen and oxygen atoms in total. The van der Waals surface area contributed by atoms with E-state index in [-0.39, 0.29) is 17.3 Å². The summed E-state index contributed by atoms with van der Waals surface area (Å²) in [5, 5.41) is 2.70. The van der Waals surface area contributed by atoms with Crippen molar-refractivity contribution in [3.8, 4) is 5.75 Å².